The Balaban J connectivity index is 1.43. The van der Waals surface area contributed by atoms with Crippen LogP contribution in [-0.2, 0) is 27.2 Å². The minimum atomic E-state index is -0.142. The van der Waals surface area contributed by atoms with Crippen LogP contribution in [0.5, 0.6) is 0 Å². The van der Waals surface area contributed by atoms with Gasteiger partial charge in [0.2, 0.25) is 17.7 Å². The van der Waals surface area contributed by atoms with E-state index in [4.69, 9.17) is 0 Å². The number of anilines is 3. The highest BCUT2D eigenvalue weighted by Crippen LogP contribution is 2.26. The van der Waals surface area contributed by atoms with Crippen LogP contribution in [0.4, 0.5) is 17.1 Å². The van der Waals surface area contributed by atoms with Crippen LogP contribution in [0, 0.1) is 0 Å². The lowest BCUT2D eigenvalue weighted by Gasteiger charge is -2.30. The molecule has 1 saturated heterocycles. The predicted molar refractivity (Wildman–Crippen MR) is 94.5 cm³/mol. The summed E-state index contributed by atoms with van der Waals surface area (Å²) in [5.74, 6) is -0.0611. The molecule has 3 amide bonds. The topological polar surface area (TPSA) is 78.5 Å². The number of benzene rings is 2. The van der Waals surface area contributed by atoms with Crippen molar-refractivity contribution in [2.45, 2.75) is 19.3 Å². The molecule has 2 aliphatic rings. The van der Waals surface area contributed by atoms with E-state index in [0.29, 0.717) is 18.5 Å². The average Bonchev–Trinajstić information content (AvgIpc) is 2.93. The highest BCUT2D eigenvalue weighted by Gasteiger charge is 2.25. The number of carbonyl (C=O) groups excluding carboxylic acids is 3. The molecule has 0 radical (unpaired) electrons. The number of carbonyl (C=O) groups is 3. The van der Waals surface area contributed by atoms with Gasteiger partial charge in [-0.05, 0) is 35.4 Å². The van der Waals surface area contributed by atoms with Crippen LogP contribution in [-0.4, -0.2) is 24.3 Å². The normalized spacial score (nSPS) is 15.4. The first kappa shape index (κ1) is 15.4. The maximum Gasteiger partial charge on any atom is 0.228 e. The van der Waals surface area contributed by atoms with Gasteiger partial charge in [0, 0.05) is 30.0 Å². The van der Waals surface area contributed by atoms with Crippen LogP contribution in [0.2, 0.25) is 0 Å². The zero-order chi connectivity index (χ0) is 17.4. The van der Waals surface area contributed by atoms with E-state index in [0.717, 1.165) is 29.0 Å². The van der Waals surface area contributed by atoms with E-state index in [1.165, 1.54) is 0 Å². The van der Waals surface area contributed by atoms with Gasteiger partial charge in [0.1, 0.15) is 0 Å². The van der Waals surface area contributed by atoms with Gasteiger partial charge < -0.3 is 15.5 Å². The first-order valence-corrected chi connectivity index (χ1v) is 8.20. The third-order valence-electron chi connectivity index (χ3n) is 4.46. The highest BCUT2D eigenvalue weighted by atomic mass is 16.2. The molecular weight excluding hydrogens is 318 g/mol. The van der Waals surface area contributed by atoms with Gasteiger partial charge in [-0.25, -0.2) is 0 Å². The molecule has 6 heteroatoms. The number of nitrogens with zero attached hydrogens (tertiary/aromatic N) is 1. The number of β-lactam (4-membered cyclic amide) rings is 1. The van der Waals surface area contributed by atoms with Gasteiger partial charge in [0.05, 0.1) is 12.8 Å². The summed E-state index contributed by atoms with van der Waals surface area (Å²) in [4.78, 5) is 36.9. The zero-order valence-electron chi connectivity index (χ0n) is 13.5. The molecule has 4 rings (SSSR count). The van der Waals surface area contributed by atoms with Gasteiger partial charge in [-0.15, -0.1) is 0 Å². The summed E-state index contributed by atoms with van der Waals surface area (Å²) in [6, 6.07) is 12.9. The lowest BCUT2D eigenvalue weighted by atomic mass is 10.1. The summed E-state index contributed by atoms with van der Waals surface area (Å²) in [5, 5.41) is 5.65. The average molecular weight is 335 g/mol. The van der Waals surface area contributed by atoms with Crippen molar-refractivity contribution in [1.29, 1.82) is 0 Å². The van der Waals surface area contributed by atoms with E-state index in [-0.39, 0.29) is 24.1 Å². The Hall–Kier alpha value is -3.15. The molecule has 0 atom stereocenters. The lowest BCUT2D eigenvalue weighted by molar-refractivity contribution is -0.122. The SMILES string of the molecule is O=C(Cc1ccc2c(c1)NC(=O)C2)Nc1cccc(N2CCC2=O)c1. The fourth-order valence-electron chi connectivity index (χ4n) is 3.10. The Morgan fingerprint density at radius 2 is 2.04 bits per heavy atom. The molecule has 2 aliphatic heterocycles. The van der Waals surface area contributed by atoms with E-state index in [2.05, 4.69) is 10.6 Å². The second-order valence-corrected chi connectivity index (χ2v) is 6.29. The summed E-state index contributed by atoms with van der Waals surface area (Å²) in [6.45, 7) is 0.719. The van der Waals surface area contributed by atoms with Gasteiger partial charge in [0.25, 0.3) is 0 Å². The van der Waals surface area contributed by atoms with E-state index >= 15 is 0 Å². The molecule has 126 valence electrons. The maximum atomic E-state index is 12.3. The van der Waals surface area contributed by atoms with Crippen LogP contribution >= 0.6 is 0 Å². The third-order valence-corrected chi connectivity index (χ3v) is 4.46. The van der Waals surface area contributed by atoms with Crippen molar-refractivity contribution in [3.63, 3.8) is 0 Å². The number of hydrogen-bond acceptors (Lipinski definition) is 3. The van der Waals surface area contributed by atoms with Gasteiger partial charge in [-0.2, -0.15) is 0 Å². The smallest absolute Gasteiger partial charge is 0.228 e. The van der Waals surface area contributed by atoms with Crippen molar-refractivity contribution in [2.24, 2.45) is 0 Å². The Labute approximate surface area is 144 Å². The number of nitrogens with one attached hydrogen (secondary N) is 2. The Morgan fingerprint density at radius 1 is 1.16 bits per heavy atom. The molecule has 1 fully saturated rings. The Bertz CT molecular complexity index is 891. The molecule has 0 spiro atoms. The van der Waals surface area contributed by atoms with Gasteiger partial charge >= 0.3 is 0 Å². The number of hydrogen-bond donors (Lipinski definition) is 2. The van der Waals surface area contributed by atoms with Crippen LogP contribution < -0.4 is 15.5 Å². The minimum absolute atomic E-state index is 0.0195. The molecule has 0 aromatic heterocycles. The maximum absolute atomic E-state index is 12.3. The molecule has 2 aromatic carbocycles. The van der Waals surface area contributed by atoms with Gasteiger partial charge in [-0.1, -0.05) is 18.2 Å². The van der Waals surface area contributed by atoms with E-state index in [1.807, 2.05) is 30.3 Å². The fraction of sp³-hybridized carbons (Fsp3) is 0.211. The van der Waals surface area contributed by atoms with E-state index in [1.54, 1.807) is 17.0 Å². The molecule has 0 unspecified atom stereocenters. The molecule has 0 bridgehead atoms. The van der Waals surface area contributed by atoms with Crippen molar-refractivity contribution in [3.05, 3.63) is 53.6 Å². The fourth-order valence-corrected chi connectivity index (χ4v) is 3.10. The number of amides is 3. The summed E-state index contributed by atoms with van der Waals surface area (Å²) in [5.41, 5.74) is 4.05. The molecule has 25 heavy (non-hydrogen) atoms. The Kier molecular flexibility index (Phi) is 3.72. The second kappa shape index (κ2) is 6.05. The largest absolute Gasteiger partial charge is 0.326 e. The van der Waals surface area contributed by atoms with Crippen molar-refractivity contribution >= 4 is 34.8 Å². The van der Waals surface area contributed by atoms with E-state index in [9.17, 15) is 14.4 Å². The van der Waals surface area contributed by atoms with Crippen molar-refractivity contribution < 1.29 is 14.4 Å². The van der Waals surface area contributed by atoms with E-state index < -0.39 is 0 Å². The highest BCUT2D eigenvalue weighted by molar-refractivity contribution is 6.01. The first-order chi connectivity index (χ1) is 12.1. The standard InChI is InChI=1S/C19H17N3O3/c23-17(9-12-4-5-13-10-18(24)21-16(13)8-12)20-14-2-1-3-15(11-14)22-7-6-19(22)25/h1-5,8,11H,6-7,9-10H2,(H,20,23)(H,21,24). The summed E-state index contributed by atoms with van der Waals surface area (Å²) < 4.78 is 0. The van der Waals surface area contributed by atoms with Crippen molar-refractivity contribution in [2.75, 3.05) is 22.1 Å². The lowest BCUT2D eigenvalue weighted by Crippen LogP contribution is -2.43. The first-order valence-electron chi connectivity index (χ1n) is 8.20. The number of rotatable bonds is 4. The van der Waals surface area contributed by atoms with Gasteiger partial charge in [-0.3, -0.25) is 14.4 Å². The molecular formula is C19H17N3O3. The minimum Gasteiger partial charge on any atom is -0.326 e. The van der Waals surface area contributed by atoms with Crippen LogP contribution in [0.3, 0.4) is 0 Å². The van der Waals surface area contributed by atoms with Crippen molar-refractivity contribution in [1.82, 2.24) is 0 Å². The Morgan fingerprint density at radius 3 is 2.80 bits per heavy atom. The predicted octanol–water partition coefficient (Wildman–Crippen LogP) is 2.10. The second-order valence-electron chi connectivity index (χ2n) is 6.29. The third kappa shape index (κ3) is 3.10. The summed E-state index contributed by atoms with van der Waals surface area (Å²) in [7, 11) is 0. The molecule has 2 aromatic rings. The summed E-state index contributed by atoms with van der Waals surface area (Å²) >= 11 is 0. The monoisotopic (exact) mass is 335 g/mol. The molecule has 0 aliphatic carbocycles. The molecule has 2 heterocycles. The van der Waals surface area contributed by atoms with Crippen LogP contribution in [0.15, 0.2) is 42.5 Å². The van der Waals surface area contributed by atoms with Crippen LogP contribution in [0.25, 0.3) is 0 Å². The summed E-state index contributed by atoms with van der Waals surface area (Å²) in [6.07, 6.45) is 1.19. The van der Waals surface area contributed by atoms with Crippen molar-refractivity contribution in [3.8, 4) is 0 Å². The molecule has 0 saturated carbocycles. The quantitative estimate of drug-likeness (QED) is 0.840. The molecule has 6 nitrogen and oxygen atoms in total. The van der Waals surface area contributed by atoms with Crippen LogP contribution in [0.1, 0.15) is 17.5 Å². The number of fused-ring (bicyclic) bond motifs is 1. The van der Waals surface area contributed by atoms with Gasteiger partial charge in [0.15, 0.2) is 0 Å². The molecule has 2 N–H and O–H groups in total. The zero-order valence-corrected chi connectivity index (χ0v) is 13.5.